The molecule has 0 rings (SSSR count). The van der Waals surface area contributed by atoms with Crippen LogP contribution in [-0.4, -0.2) is 74.3 Å². The van der Waals surface area contributed by atoms with E-state index in [4.69, 9.17) is 13.8 Å². The Kier molecular flexibility index (Phi) is 46.1. The van der Waals surface area contributed by atoms with E-state index in [1.165, 1.54) is 167 Å². The van der Waals surface area contributed by atoms with E-state index in [9.17, 15) is 19.0 Å². The van der Waals surface area contributed by atoms with Crippen LogP contribution < -0.4 is 5.32 Å². The van der Waals surface area contributed by atoms with E-state index in [-0.39, 0.29) is 25.1 Å². The number of carbonyl (C=O) groups is 2. The maximum absolute atomic E-state index is 13.4. The Morgan fingerprint density at radius 1 is 0.515 bits per heavy atom. The second-order valence-corrected chi connectivity index (χ2v) is 21.9. The van der Waals surface area contributed by atoms with Crippen LogP contribution >= 0.6 is 7.82 Å². The fraction of sp³-hybridized carbons (Fsp3) is 0.893. The summed E-state index contributed by atoms with van der Waals surface area (Å²) in [4.78, 5) is 37.5. The zero-order valence-corrected chi connectivity index (χ0v) is 45.3. The predicted octanol–water partition coefficient (Wildman–Crippen LogP) is 16.6. The molecule has 9 nitrogen and oxygen atoms in total. The van der Waals surface area contributed by atoms with E-state index in [0.29, 0.717) is 23.9 Å². The summed E-state index contributed by atoms with van der Waals surface area (Å²) in [6, 6.07) is -0.848. The number of quaternary nitrogens is 1. The number of rotatable bonds is 51. The molecule has 2 N–H and O–H groups in total. The monoisotopic (exact) mass is 954 g/mol. The number of nitrogens with zero attached hydrogens (tertiary/aromatic N) is 1. The van der Waals surface area contributed by atoms with E-state index in [1.54, 1.807) is 0 Å². The lowest BCUT2D eigenvalue weighted by molar-refractivity contribution is -0.870. The Labute approximate surface area is 409 Å². The van der Waals surface area contributed by atoms with Gasteiger partial charge in [-0.1, -0.05) is 225 Å². The number of phosphoric acid groups is 1. The molecular formula is C56H110N2O7P+. The molecule has 0 aromatic carbocycles. The predicted molar refractivity (Wildman–Crippen MR) is 282 cm³/mol. The highest BCUT2D eigenvalue weighted by atomic mass is 31.2. The lowest BCUT2D eigenvalue weighted by Gasteiger charge is -2.27. The first-order valence-corrected chi connectivity index (χ1v) is 29.7. The molecular weight excluding hydrogens is 844 g/mol. The van der Waals surface area contributed by atoms with E-state index in [1.807, 2.05) is 33.3 Å². The normalized spacial score (nSPS) is 14.0. The minimum Gasteiger partial charge on any atom is -0.456 e. The molecule has 3 unspecified atom stereocenters. The first-order valence-electron chi connectivity index (χ1n) is 28.2. The van der Waals surface area contributed by atoms with E-state index >= 15 is 0 Å². The lowest BCUT2D eigenvalue weighted by atomic mass is 10.0. The minimum atomic E-state index is -4.44. The summed E-state index contributed by atoms with van der Waals surface area (Å²) >= 11 is 0. The molecule has 0 aromatic rings. The van der Waals surface area contributed by atoms with Gasteiger partial charge in [0.15, 0.2) is 0 Å². The van der Waals surface area contributed by atoms with Crippen LogP contribution in [0.25, 0.3) is 0 Å². The van der Waals surface area contributed by atoms with Gasteiger partial charge >= 0.3 is 13.8 Å². The van der Waals surface area contributed by atoms with Crippen LogP contribution in [0.4, 0.5) is 0 Å². The van der Waals surface area contributed by atoms with Crippen molar-refractivity contribution in [2.75, 3.05) is 40.9 Å². The van der Waals surface area contributed by atoms with Crippen molar-refractivity contribution in [1.82, 2.24) is 5.32 Å². The Hall–Kier alpha value is -1.51. The molecule has 0 aliphatic heterocycles. The molecule has 0 fully saturated rings. The van der Waals surface area contributed by atoms with Gasteiger partial charge in [-0.2, -0.15) is 0 Å². The molecule has 10 heteroatoms. The number of allylic oxidation sites excluding steroid dienone is 3. The number of nitrogens with one attached hydrogen (secondary N) is 1. The highest BCUT2D eigenvalue weighted by Crippen LogP contribution is 2.43. The molecule has 0 aliphatic rings. The van der Waals surface area contributed by atoms with Crippen molar-refractivity contribution in [2.45, 2.75) is 283 Å². The maximum atomic E-state index is 13.4. The number of unbranched alkanes of at least 4 members (excludes halogenated alkanes) is 33. The van der Waals surface area contributed by atoms with Gasteiger partial charge in [-0.3, -0.25) is 18.6 Å². The van der Waals surface area contributed by atoms with Gasteiger partial charge in [-0.05, 0) is 57.4 Å². The van der Waals surface area contributed by atoms with Gasteiger partial charge in [0.05, 0.1) is 33.8 Å². The summed E-state index contributed by atoms with van der Waals surface area (Å²) < 4.78 is 30.6. The summed E-state index contributed by atoms with van der Waals surface area (Å²) in [7, 11) is 1.50. The molecule has 0 bridgehead atoms. The van der Waals surface area contributed by atoms with Crippen molar-refractivity contribution in [1.29, 1.82) is 0 Å². The zero-order chi connectivity index (χ0) is 48.7. The van der Waals surface area contributed by atoms with Crippen LogP contribution in [-0.2, 0) is 27.9 Å². The van der Waals surface area contributed by atoms with Gasteiger partial charge in [0.2, 0.25) is 5.91 Å². The quantitative estimate of drug-likeness (QED) is 0.0205. The maximum Gasteiger partial charge on any atom is 0.472 e. The summed E-state index contributed by atoms with van der Waals surface area (Å²) in [6.45, 7) is 7.01. The fourth-order valence-corrected chi connectivity index (χ4v) is 8.96. The number of ether oxygens (including phenoxy) is 1. The Balaban J connectivity index is 5.40. The SMILES string of the molecule is CCCCCCCC/C=C\CCCCCC(=O)NC(COP(=O)(O)OCC[N+](C)(C)C)C(/C=C/CCCCCCCCCCCCC)OC(=O)CCCCCCCCCCCCCCCC. The molecule has 0 radical (unpaired) electrons. The number of hydrogen-bond donors (Lipinski definition) is 2. The van der Waals surface area contributed by atoms with Gasteiger partial charge in [0.1, 0.15) is 19.3 Å². The Bertz CT molecular complexity index is 1190. The van der Waals surface area contributed by atoms with Crippen LogP contribution in [0.5, 0.6) is 0 Å². The van der Waals surface area contributed by atoms with Crippen molar-refractivity contribution >= 4 is 19.7 Å². The number of esters is 1. The smallest absolute Gasteiger partial charge is 0.456 e. The Morgan fingerprint density at radius 2 is 0.879 bits per heavy atom. The number of phosphoric ester groups is 1. The van der Waals surface area contributed by atoms with E-state index in [2.05, 4.69) is 38.2 Å². The molecule has 0 saturated heterocycles. The largest absolute Gasteiger partial charge is 0.472 e. The summed E-state index contributed by atoms with van der Waals surface area (Å²) in [5.74, 6) is -0.513. The molecule has 3 atom stereocenters. The summed E-state index contributed by atoms with van der Waals surface area (Å²) in [6.07, 6.45) is 53.1. The highest BCUT2D eigenvalue weighted by Gasteiger charge is 2.30. The van der Waals surface area contributed by atoms with Gasteiger partial charge in [0, 0.05) is 12.8 Å². The third kappa shape index (κ3) is 47.6. The average molecular weight is 954 g/mol. The van der Waals surface area contributed by atoms with Crippen molar-refractivity contribution in [3.8, 4) is 0 Å². The number of hydrogen-bond acceptors (Lipinski definition) is 6. The summed E-state index contributed by atoms with van der Waals surface area (Å²) in [5, 5.41) is 3.04. The molecule has 0 heterocycles. The third-order valence-electron chi connectivity index (χ3n) is 12.6. The molecule has 66 heavy (non-hydrogen) atoms. The van der Waals surface area contributed by atoms with Crippen LogP contribution in [0, 0.1) is 0 Å². The van der Waals surface area contributed by atoms with Gasteiger partial charge < -0.3 is 19.4 Å². The molecule has 0 saturated carbocycles. The van der Waals surface area contributed by atoms with Crippen molar-refractivity contribution < 1.29 is 37.3 Å². The Morgan fingerprint density at radius 3 is 1.30 bits per heavy atom. The van der Waals surface area contributed by atoms with Crippen LogP contribution in [0.3, 0.4) is 0 Å². The molecule has 1 amide bonds. The standard InChI is InChI=1S/C56H109N2O7P/c1-7-10-13-16-19-22-25-28-31-34-37-40-43-46-49-56(60)65-54(47-44-41-38-35-32-29-26-23-20-17-14-11-8-2)53(52-64-66(61,62)63-51-50-58(4,5)6)57-55(59)48-45-42-39-36-33-30-27-24-21-18-15-12-9-3/h30,33,44,47,53-54H,7-29,31-32,34-43,45-46,48-52H2,1-6H3,(H-,57,59,61,62)/p+1/b33-30-,47-44+. The van der Waals surface area contributed by atoms with Crippen molar-refractivity contribution in [3.63, 3.8) is 0 Å². The summed E-state index contributed by atoms with van der Waals surface area (Å²) in [5.41, 5.74) is 0. The molecule has 0 spiro atoms. The van der Waals surface area contributed by atoms with Crippen LogP contribution in [0.1, 0.15) is 271 Å². The molecule has 0 aromatic heterocycles. The second kappa shape index (κ2) is 47.2. The first kappa shape index (κ1) is 64.5. The van der Waals surface area contributed by atoms with Gasteiger partial charge in [-0.15, -0.1) is 0 Å². The van der Waals surface area contributed by atoms with E-state index in [0.717, 1.165) is 70.6 Å². The highest BCUT2D eigenvalue weighted by molar-refractivity contribution is 7.47. The topological polar surface area (TPSA) is 111 Å². The fourth-order valence-electron chi connectivity index (χ4n) is 8.23. The lowest BCUT2D eigenvalue weighted by Crippen LogP contribution is -2.47. The average Bonchev–Trinajstić information content (AvgIpc) is 3.27. The number of likely N-dealkylation sites (N-methyl/N-ethyl adjacent to an activating group) is 1. The van der Waals surface area contributed by atoms with Crippen molar-refractivity contribution in [2.24, 2.45) is 0 Å². The van der Waals surface area contributed by atoms with Gasteiger partial charge in [0.25, 0.3) is 0 Å². The van der Waals surface area contributed by atoms with Crippen LogP contribution in [0.15, 0.2) is 24.3 Å². The molecule has 390 valence electrons. The number of carbonyl (C=O) groups excluding carboxylic acids is 2. The number of amides is 1. The zero-order valence-electron chi connectivity index (χ0n) is 44.5. The minimum absolute atomic E-state index is 0.0407. The van der Waals surface area contributed by atoms with Gasteiger partial charge in [-0.25, -0.2) is 4.57 Å². The third-order valence-corrected chi connectivity index (χ3v) is 13.6. The first-order chi connectivity index (χ1) is 31.9. The van der Waals surface area contributed by atoms with E-state index < -0.39 is 20.0 Å². The van der Waals surface area contributed by atoms with Crippen molar-refractivity contribution in [3.05, 3.63) is 24.3 Å². The second-order valence-electron chi connectivity index (χ2n) is 20.5. The molecule has 0 aliphatic carbocycles. The van der Waals surface area contributed by atoms with Crippen LogP contribution in [0.2, 0.25) is 0 Å².